The van der Waals surface area contributed by atoms with E-state index in [4.69, 9.17) is 9.84 Å². The number of ether oxygens (including phenoxy) is 1. The van der Waals surface area contributed by atoms with Gasteiger partial charge in [0.15, 0.2) is 0 Å². The number of piperidine rings is 2. The highest BCUT2D eigenvalue weighted by molar-refractivity contribution is 6.02. The number of carbonyl (C=O) groups is 3. The summed E-state index contributed by atoms with van der Waals surface area (Å²) in [5, 5.41) is 16.8. The van der Waals surface area contributed by atoms with E-state index in [0.717, 1.165) is 10.9 Å². The predicted molar refractivity (Wildman–Crippen MR) is 108 cm³/mol. The van der Waals surface area contributed by atoms with E-state index in [1.165, 1.54) is 0 Å². The SMILES string of the molecule is Cn1nc(C2CCC(=O)NC2=O)c2cccc(OC3CCN(C(=O)CCO)CC3)c21. The van der Waals surface area contributed by atoms with Gasteiger partial charge in [-0.3, -0.25) is 24.4 Å². The monoisotopic (exact) mass is 414 g/mol. The number of likely N-dealkylation sites (tertiary alicyclic amines) is 1. The third kappa shape index (κ3) is 3.89. The van der Waals surface area contributed by atoms with Gasteiger partial charge in [-0.1, -0.05) is 12.1 Å². The van der Waals surface area contributed by atoms with Crippen molar-refractivity contribution in [3.05, 3.63) is 23.9 Å². The number of hydrogen-bond donors (Lipinski definition) is 2. The molecule has 160 valence electrons. The van der Waals surface area contributed by atoms with Gasteiger partial charge < -0.3 is 14.7 Å². The first kappa shape index (κ1) is 20.3. The molecule has 30 heavy (non-hydrogen) atoms. The van der Waals surface area contributed by atoms with Crippen LogP contribution < -0.4 is 10.1 Å². The van der Waals surface area contributed by atoms with Crippen LogP contribution in [-0.2, 0) is 21.4 Å². The maximum atomic E-state index is 12.3. The molecule has 1 aromatic carbocycles. The second-order valence-electron chi connectivity index (χ2n) is 7.84. The van der Waals surface area contributed by atoms with Crippen molar-refractivity contribution >= 4 is 28.6 Å². The number of aromatic nitrogens is 2. The molecule has 1 unspecified atom stereocenters. The average Bonchev–Trinajstić information content (AvgIpc) is 3.06. The molecule has 0 radical (unpaired) electrons. The number of aryl methyl sites for hydroxylation is 1. The molecule has 2 aliphatic rings. The number of fused-ring (bicyclic) bond motifs is 1. The summed E-state index contributed by atoms with van der Waals surface area (Å²) in [6.45, 7) is 1.08. The molecular weight excluding hydrogens is 388 g/mol. The molecule has 4 rings (SSSR count). The van der Waals surface area contributed by atoms with Gasteiger partial charge in [0.2, 0.25) is 17.7 Å². The van der Waals surface area contributed by atoms with Gasteiger partial charge in [0.1, 0.15) is 17.4 Å². The Balaban J connectivity index is 1.52. The van der Waals surface area contributed by atoms with E-state index in [0.29, 0.717) is 50.2 Å². The third-order valence-electron chi connectivity index (χ3n) is 5.84. The number of imide groups is 1. The fourth-order valence-corrected chi connectivity index (χ4v) is 4.29. The molecule has 0 bridgehead atoms. The zero-order chi connectivity index (χ0) is 21.3. The summed E-state index contributed by atoms with van der Waals surface area (Å²) in [5.41, 5.74) is 1.48. The molecule has 2 aliphatic heterocycles. The first-order valence-electron chi connectivity index (χ1n) is 10.3. The Hall–Kier alpha value is -2.94. The van der Waals surface area contributed by atoms with Gasteiger partial charge >= 0.3 is 0 Å². The number of aliphatic hydroxyl groups excluding tert-OH is 1. The molecule has 2 fully saturated rings. The number of carbonyl (C=O) groups excluding carboxylic acids is 3. The first-order valence-corrected chi connectivity index (χ1v) is 10.3. The smallest absolute Gasteiger partial charge is 0.235 e. The standard InChI is InChI=1S/C21H26N4O5/c1-24-20-14(19(23-24)15-5-6-17(27)22-21(15)29)3-2-4-16(20)30-13-7-10-25(11-8-13)18(28)9-12-26/h2-4,13,15,26H,5-12H2,1H3,(H,22,27,29). The van der Waals surface area contributed by atoms with Crippen molar-refractivity contribution < 1.29 is 24.2 Å². The van der Waals surface area contributed by atoms with E-state index in [2.05, 4.69) is 10.4 Å². The van der Waals surface area contributed by atoms with Crippen molar-refractivity contribution in [1.29, 1.82) is 0 Å². The van der Waals surface area contributed by atoms with Crippen molar-refractivity contribution in [2.24, 2.45) is 7.05 Å². The molecule has 9 nitrogen and oxygen atoms in total. The summed E-state index contributed by atoms with van der Waals surface area (Å²) < 4.78 is 8.00. The first-order chi connectivity index (χ1) is 14.5. The van der Waals surface area contributed by atoms with Crippen LogP contribution in [0.5, 0.6) is 5.75 Å². The van der Waals surface area contributed by atoms with Gasteiger partial charge in [-0.05, 0) is 12.5 Å². The molecule has 0 spiro atoms. The van der Waals surface area contributed by atoms with Crippen LogP contribution in [-0.4, -0.2) is 63.3 Å². The van der Waals surface area contributed by atoms with E-state index in [-0.39, 0.29) is 36.9 Å². The quantitative estimate of drug-likeness (QED) is 0.701. The Labute approximate surface area is 174 Å². The van der Waals surface area contributed by atoms with Gasteiger partial charge in [0.25, 0.3) is 0 Å². The van der Waals surface area contributed by atoms with E-state index >= 15 is 0 Å². The summed E-state index contributed by atoms with van der Waals surface area (Å²) in [6.07, 6.45) is 2.31. The normalized spacial score (nSPS) is 20.5. The van der Waals surface area contributed by atoms with Crippen LogP contribution in [0.4, 0.5) is 0 Å². The molecule has 2 aromatic rings. The van der Waals surface area contributed by atoms with Crippen LogP contribution in [0, 0.1) is 0 Å². The molecule has 2 saturated heterocycles. The Kier molecular flexibility index (Phi) is 5.72. The lowest BCUT2D eigenvalue weighted by Gasteiger charge is -2.32. The second-order valence-corrected chi connectivity index (χ2v) is 7.84. The van der Waals surface area contributed by atoms with Crippen molar-refractivity contribution in [3.63, 3.8) is 0 Å². The van der Waals surface area contributed by atoms with Crippen molar-refractivity contribution in [1.82, 2.24) is 20.0 Å². The molecule has 1 aromatic heterocycles. The Morgan fingerprint density at radius 1 is 1.27 bits per heavy atom. The Bertz CT molecular complexity index is 977. The highest BCUT2D eigenvalue weighted by Gasteiger charge is 2.32. The van der Waals surface area contributed by atoms with E-state index in [1.54, 1.807) is 9.58 Å². The summed E-state index contributed by atoms with van der Waals surface area (Å²) in [7, 11) is 1.82. The maximum absolute atomic E-state index is 12.3. The van der Waals surface area contributed by atoms with E-state index < -0.39 is 5.92 Å². The Morgan fingerprint density at radius 2 is 2.03 bits per heavy atom. The molecule has 0 aliphatic carbocycles. The highest BCUT2D eigenvalue weighted by Crippen LogP contribution is 2.35. The number of amides is 3. The van der Waals surface area contributed by atoms with Crippen molar-refractivity contribution in [2.75, 3.05) is 19.7 Å². The average molecular weight is 414 g/mol. The fraction of sp³-hybridized carbons (Fsp3) is 0.524. The molecule has 1 atom stereocenters. The Morgan fingerprint density at radius 3 is 2.73 bits per heavy atom. The van der Waals surface area contributed by atoms with Gasteiger partial charge in [-0.15, -0.1) is 0 Å². The van der Waals surface area contributed by atoms with Crippen molar-refractivity contribution in [3.8, 4) is 5.75 Å². The van der Waals surface area contributed by atoms with Gasteiger partial charge in [-0.25, -0.2) is 0 Å². The summed E-state index contributed by atoms with van der Waals surface area (Å²) in [5.74, 6) is -0.344. The topological polar surface area (TPSA) is 114 Å². The van der Waals surface area contributed by atoms with Crippen LogP contribution in [0.2, 0.25) is 0 Å². The zero-order valence-corrected chi connectivity index (χ0v) is 17.0. The molecular formula is C21H26N4O5. The maximum Gasteiger partial charge on any atom is 0.235 e. The zero-order valence-electron chi connectivity index (χ0n) is 17.0. The molecule has 3 heterocycles. The summed E-state index contributed by atoms with van der Waals surface area (Å²) in [6, 6.07) is 5.70. The second kappa shape index (κ2) is 8.43. The molecule has 2 N–H and O–H groups in total. The van der Waals surface area contributed by atoms with Crippen LogP contribution >= 0.6 is 0 Å². The van der Waals surface area contributed by atoms with Gasteiger partial charge in [0, 0.05) is 51.2 Å². The van der Waals surface area contributed by atoms with Gasteiger partial charge in [-0.2, -0.15) is 5.10 Å². The molecule has 3 amide bonds. The summed E-state index contributed by atoms with van der Waals surface area (Å²) in [4.78, 5) is 37.5. The minimum absolute atomic E-state index is 0.0253. The lowest BCUT2D eigenvalue weighted by Crippen LogP contribution is -2.42. The number of benzene rings is 1. The minimum Gasteiger partial charge on any atom is -0.488 e. The predicted octanol–water partition coefficient (Wildman–Crippen LogP) is 0.846. The van der Waals surface area contributed by atoms with E-state index in [9.17, 15) is 14.4 Å². The van der Waals surface area contributed by atoms with Gasteiger partial charge in [0.05, 0.1) is 18.2 Å². The lowest BCUT2D eigenvalue weighted by molar-refractivity contribution is -0.135. The number of rotatable bonds is 5. The largest absolute Gasteiger partial charge is 0.488 e. The number of nitrogens with one attached hydrogen (secondary N) is 1. The van der Waals surface area contributed by atoms with Crippen LogP contribution in [0.3, 0.4) is 0 Å². The van der Waals surface area contributed by atoms with Crippen molar-refractivity contribution in [2.45, 2.75) is 44.1 Å². The number of hydrogen-bond acceptors (Lipinski definition) is 6. The lowest BCUT2D eigenvalue weighted by atomic mass is 9.93. The number of nitrogens with zero attached hydrogens (tertiary/aromatic N) is 3. The molecule has 0 saturated carbocycles. The number of para-hydroxylation sites is 1. The van der Waals surface area contributed by atoms with Crippen LogP contribution in [0.25, 0.3) is 10.9 Å². The number of aliphatic hydroxyl groups is 1. The summed E-state index contributed by atoms with van der Waals surface area (Å²) >= 11 is 0. The fourth-order valence-electron chi connectivity index (χ4n) is 4.29. The third-order valence-corrected chi connectivity index (χ3v) is 5.84. The van der Waals surface area contributed by atoms with Crippen LogP contribution in [0.15, 0.2) is 18.2 Å². The highest BCUT2D eigenvalue weighted by atomic mass is 16.5. The van der Waals surface area contributed by atoms with Crippen LogP contribution in [0.1, 0.15) is 43.7 Å². The minimum atomic E-state index is -0.456. The van der Waals surface area contributed by atoms with E-state index in [1.807, 2.05) is 25.2 Å². The molecule has 9 heteroatoms.